The smallest absolute Gasteiger partial charge is 0.139 e. The van der Waals surface area contributed by atoms with Crippen molar-refractivity contribution in [2.75, 3.05) is 6.61 Å². The van der Waals surface area contributed by atoms with E-state index in [0.29, 0.717) is 12.6 Å². The van der Waals surface area contributed by atoms with Gasteiger partial charge < -0.3 is 10.5 Å². The van der Waals surface area contributed by atoms with Crippen molar-refractivity contribution in [3.05, 3.63) is 30.3 Å². The highest BCUT2D eigenvalue weighted by molar-refractivity contribution is 5.20. The molecule has 0 aliphatic heterocycles. The Hall–Kier alpha value is -1.02. The van der Waals surface area contributed by atoms with Gasteiger partial charge in [0.1, 0.15) is 18.4 Å². The second-order valence-electron chi connectivity index (χ2n) is 2.73. The molecule has 0 aromatic heterocycles. The Labute approximate surface area is 67.0 Å². The summed E-state index contributed by atoms with van der Waals surface area (Å²) in [6.45, 7) is 2.72. The summed E-state index contributed by atoms with van der Waals surface area (Å²) >= 11 is 0. The molecule has 3 N–H and O–H groups in total. The van der Waals surface area contributed by atoms with Crippen molar-refractivity contribution in [3.63, 3.8) is 0 Å². The monoisotopic (exact) mass is 152 g/mol. The van der Waals surface area contributed by atoms with E-state index < -0.39 is 0 Å². The molecule has 0 aliphatic carbocycles. The van der Waals surface area contributed by atoms with Gasteiger partial charge >= 0.3 is 0 Å². The number of rotatable bonds is 3. The average Bonchev–Trinajstić information content (AvgIpc) is 2.03. The summed E-state index contributed by atoms with van der Waals surface area (Å²) in [6, 6.07) is 10.1. The number of ether oxygens (including phenoxy) is 1. The summed E-state index contributed by atoms with van der Waals surface area (Å²) in [7, 11) is 0. The summed E-state index contributed by atoms with van der Waals surface area (Å²) in [5, 5.41) is 0. The van der Waals surface area contributed by atoms with Crippen LogP contribution in [0.3, 0.4) is 0 Å². The highest BCUT2D eigenvalue weighted by Crippen LogP contribution is 2.07. The van der Waals surface area contributed by atoms with Crippen LogP contribution in [0.2, 0.25) is 0 Å². The van der Waals surface area contributed by atoms with E-state index in [-0.39, 0.29) is 0 Å². The molecule has 11 heavy (non-hydrogen) atoms. The van der Waals surface area contributed by atoms with Crippen LogP contribution >= 0.6 is 0 Å². The molecule has 0 amide bonds. The minimum atomic E-state index is 0.343. The van der Waals surface area contributed by atoms with E-state index >= 15 is 0 Å². The van der Waals surface area contributed by atoms with E-state index in [2.05, 4.69) is 5.73 Å². The lowest BCUT2D eigenvalue weighted by atomic mass is 10.3. The molecule has 0 fully saturated rings. The zero-order chi connectivity index (χ0) is 8.10. The normalized spacial score (nSPS) is 12.5. The SMILES string of the molecule is C[C@H]([NH3+])COc1ccccc1. The molecule has 0 unspecified atom stereocenters. The van der Waals surface area contributed by atoms with Crippen molar-refractivity contribution in [1.29, 1.82) is 0 Å². The quantitative estimate of drug-likeness (QED) is 0.680. The molecule has 60 valence electrons. The Morgan fingerprint density at radius 2 is 2.00 bits per heavy atom. The van der Waals surface area contributed by atoms with Gasteiger partial charge in [-0.3, -0.25) is 0 Å². The van der Waals surface area contributed by atoms with Crippen LogP contribution < -0.4 is 10.5 Å². The van der Waals surface area contributed by atoms with Crippen LogP contribution in [0.1, 0.15) is 6.92 Å². The lowest BCUT2D eigenvalue weighted by Gasteiger charge is -2.05. The molecular weight excluding hydrogens is 138 g/mol. The van der Waals surface area contributed by atoms with Gasteiger partial charge in [-0.15, -0.1) is 0 Å². The van der Waals surface area contributed by atoms with Crippen LogP contribution in [-0.4, -0.2) is 12.6 Å². The molecule has 2 nitrogen and oxygen atoms in total. The first-order valence-electron chi connectivity index (χ1n) is 3.80. The maximum absolute atomic E-state index is 5.40. The van der Waals surface area contributed by atoms with E-state index in [0.717, 1.165) is 5.75 Å². The second kappa shape index (κ2) is 3.98. The molecule has 0 bridgehead atoms. The van der Waals surface area contributed by atoms with Crippen molar-refractivity contribution in [2.24, 2.45) is 0 Å². The number of quaternary nitrogens is 1. The van der Waals surface area contributed by atoms with E-state index in [1.807, 2.05) is 37.3 Å². The van der Waals surface area contributed by atoms with Crippen LogP contribution in [0, 0.1) is 0 Å². The summed E-state index contributed by atoms with van der Waals surface area (Å²) in [5.41, 5.74) is 3.83. The summed E-state index contributed by atoms with van der Waals surface area (Å²) in [6.07, 6.45) is 0. The van der Waals surface area contributed by atoms with Gasteiger partial charge in [0.25, 0.3) is 0 Å². The third kappa shape index (κ3) is 3.05. The fraction of sp³-hybridized carbons (Fsp3) is 0.333. The van der Waals surface area contributed by atoms with Gasteiger partial charge in [0.15, 0.2) is 0 Å². The molecule has 1 aromatic carbocycles. The fourth-order valence-electron chi connectivity index (χ4n) is 0.755. The van der Waals surface area contributed by atoms with Gasteiger partial charge in [0.05, 0.1) is 0 Å². The van der Waals surface area contributed by atoms with Crippen LogP contribution in [-0.2, 0) is 0 Å². The molecule has 1 aromatic rings. The van der Waals surface area contributed by atoms with Crippen LogP contribution in [0.5, 0.6) is 5.75 Å². The maximum Gasteiger partial charge on any atom is 0.139 e. The van der Waals surface area contributed by atoms with E-state index in [1.165, 1.54) is 0 Å². The Balaban J connectivity index is 2.39. The third-order valence-corrected chi connectivity index (χ3v) is 1.28. The number of hydrogen-bond donors (Lipinski definition) is 1. The van der Waals surface area contributed by atoms with Crippen molar-refractivity contribution >= 4 is 0 Å². The van der Waals surface area contributed by atoms with Crippen LogP contribution in [0.15, 0.2) is 30.3 Å². The zero-order valence-corrected chi connectivity index (χ0v) is 6.79. The largest absolute Gasteiger partial charge is 0.487 e. The Morgan fingerprint density at radius 3 is 2.55 bits per heavy atom. The van der Waals surface area contributed by atoms with Crippen LogP contribution in [0.4, 0.5) is 0 Å². The van der Waals surface area contributed by atoms with E-state index in [9.17, 15) is 0 Å². The lowest BCUT2D eigenvalue weighted by Crippen LogP contribution is -2.61. The van der Waals surface area contributed by atoms with Crippen molar-refractivity contribution < 1.29 is 10.5 Å². The molecule has 0 heterocycles. The topological polar surface area (TPSA) is 36.9 Å². The molecule has 0 saturated carbocycles. The van der Waals surface area contributed by atoms with Crippen molar-refractivity contribution in [3.8, 4) is 5.75 Å². The number of para-hydroxylation sites is 1. The summed E-state index contributed by atoms with van der Waals surface area (Å²) in [5.74, 6) is 0.919. The minimum Gasteiger partial charge on any atom is -0.487 e. The zero-order valence-electron chi connectivity index (χ0n) is 6.79. The molecule has 1 rings (SSSR count). The highest BCUT2D eigenvalue weighted by Gasteiger charge is 1.97. The van der Waals surface area contributed by atoms with Gasteiger partial charge in [-0.05, 0) is 19.1 Å². The molecular formula is C9H14NO+. The minimum absolute atomic E-state index is 0.343. The van der Waals surface area contributed by atoms with Crippen LogP contribution in [0.25, 0.3) is 0 Å². The summed E-state index contributed by atoms with van der Waals surface area (Å²) < 4.78 is 5.40. The highest BCUT2D eigenvalue weighted by atomic mass is 16.5. The third-order valence-electron chi connectivity index (χ3n) is 1.28. The first-order chi connectivity index (χ1) is 5.29. The fourth-order valence-corrected chi connectivity index (χ4v) is 0.755. The van der Waals surface area contributed by atoms with E-state index in [4.69, 9.17) is 4.74 Å². The van der Waals surface area contributed by atoms with Gasteiger partial charge in [0, 0.05) is 0 Å². The number of hydrogen-bond acceptors (Lipinski definition) is 1. The Kier molecular flexibility index (Phi) is 2.93. The predicted molar refractivity (Wildman–Crippen MR) is 44.3 cm³/mol. The van der Waals surface area contributed by atoms with Gasteiger partial charge in [-0.2, -0.15) is 0 Å². The molecule has 1 atom stereocenters. The summed E-state index contributed by atoms with van der Waals surface area (Å²) in [4.78, 5) is 0. The van der Waals surface area contributed by atoms with Gasteiger partial charge in [-0.25, -0.2) is 0 Å². The standard InChI is InChI=1S/C9H13NO/c1-8(10)7-11-9-5-3-2-4-6-9/h2-6,8H,7,10H2,1H3/p+1/t8-/m0/s1. The molecule has 0 aliphatic rings. The van der Waals surface area contributed by atoms with Crippen molar-refractivity contribution in [2.45, 2.75) is 13.0 Å². The Bertz CT molecular complexity index is 196. The second-order valence-corrected chi connectivity index (χ2v) is 2.73. The average molecular weight is 152 g/mol. The lowest BCUT2D eigenvalue weighted by molar-refractivity contribution is -0.417. The maximum atomic E-state index is 5.40. The Morgan fingerprint density at radius 1 is 1.36 bits per heavy atom. The molecule has 0 saturated heterocycles. The van der Waals surface area contributed by atoms with Gasteiger partial charge in [-0.1, -0.05) is 18.2 Å². The first-order valence-corrected chi connectivity index (χ1v) is 3.80. The molecule has 0 spiro atoms. The molecule has 2 heteroatoms. The first kappa shape index (κ1) is 8.08. The predicted octanol–water partition coefficient (Wildman–Crippen LogP) is 0.696. The number of benzene rings is 1. The van der Waals surface area contributed by atoms with Gasteiger partial charge in [0.2, 0.25) is 0 Å². The van der Waals surface area contributed by atoms with E-state index in [1.54, 1.807) is 0 Å². The molecule has 0 radical (unpaired) electrons. The van der Waals surface area contributed by atoms with Crippen molar-refractivity contribution in [1.82, 2.24) is 0 Å².